The molecule has 0 unspecified atom stereocenters. The Bertz CT molecular complexity index is 694. The van der Waals surface area contributed by atoms with Crippen LogP contribution in [0.4, 0.5) is 0 Å². The number of pyridine rings is 1. The summed E-state index contributed by atoms with van der Waals surface area (Å²) in [6.07, 6.45) is 6.08. The molecule has 0 saturated heterocycles. The first kappa shape index (κ1) is 14.4. The zero-order chi connectivity index (χ0) is 15.6. The summed E-state index contributed by atoms with van der Waals surface area (Å²) < 4.78 is 7.88. The number of rotatable bonds is 5. The monoisotopic (exact) mass is 312 g/mol. The Hall–Kier alpha value is -2.21. The molecule has 0 spiro atoms. The number of amides is 1. The molecule has 6 nitrogen and oxygen atoms in total. The Morgan fingerprint density at radius 2 is 2.17 bits per heavy atom. The van der Waals surface area contributed by atoms with Gasteiger partial charge in [0.15, 0.2) is 0 Å². The minimum Gasteiger partial charge on any atom is -0.375 e. The van der Waals surface area contributed by atoms with Crippen LogP contribution in [0.3, 0.4) is 0 Å². The maximum absolute atomic E-state index is 12.6. The lowest BCUT2D eigenvalue weighted by Crippen LogP contribution is -2.38. The predicted octanol–water partition coefficient (Wildman–Crippen LogP) is 1.86. The van der Waals surface area contributed by atoms with Crippen molar-refractivity contribution < 1.29 is 9.53 Å². The Labute approximate surface area is 135 Å². The highest BCUT2D eigenvalue weighted by atomic mass is 16.5. The number of nitrogens with zero attached hydrogens (tertiary/aromatic N) is 4. The summed E-state index contributed by atoms with van der Waals surface area (Å²) in [5.41, 5.74) is 2.52. The molecule has 2 aromatic heterocycles. The minimum absolute atomic E-state index is 0.0251. The molecule has 1 fully saturated rings. The number of ether oxygens (including phenoxy) is 1. The Morgan fingerprint density at radius 1 is 1.26 bits per heavy atom. The highest BCUT2D eigenvalue weighted by molar-refractivity contribution is 5.92. The summed E-state index contributed by atoms with van der Waals surface area (Å²) in [6.45, 7) is 3.37. The second-order valence-corrected chi connectivity index (χ2v) is 6.23. The first-order valence-corrected chi connectivity index (χ1v) is 8.12. The number of carbonyl (C=O) groups excluding carboxylic acids is 1. The van der Waals surface area contributed by atoms with E-state index in [1.807, 2.05) is 23.4 Å². The largest absolute Gasteiger partial charge is 0.375 e. The minimum atomic E-state index is -0.0251. The molecule has 4 rings (SSSR count). The van der Waals surface area contributed by atoms with Crippen molar-refractivity contribution in [1.82, 2.24) is 19.4 Å². The van der Waals surface area contributed by atoms with Gasteiger partial charge in [0, 0.05) is 25.9 Å². The molecule has 0 aromatic carbocycles. The van der Waals surface area contributed by atoms with Crippen LogP contribution in [0.15, 0.2) is 30.7 Å². The molecule has 1 amide bonds. The van der Waals surface area contributed by atoms with E-state index in [9.17, 15) is 4.79 Å². The molecule has 0 N–H and O–H groups in total. The van der Waals surface area contributed by atoms with Crippen LogP contribution >= 0.6 is 0 Å². The molecule has 2 aromatic rings. The Morgan fingerprint density at radius 3 is 2.96 bits per heavy atom. The number of carbonyl (C=O) groups is 1. The Kier molecular flexibility index (Phi) is 3.83. The smallest absolute Gasteiger partial charge is 0.272 e. The van der Waals surface area contributed by atoms with Gasteiger partial charge in [-0.25, -0.2) is 4.98 Å². The number of imidazole rings is 1. The van der Waals surface area contributed by atoms with Gasteiger partial charge < -0.3 is 14.2 Å². The van der Waals surface area contributed by atoms with Crippen LogP contribution in [0, 0.1) is 5.92 Å². The molecule has 23 heavy (non-hydrogen) atoms. The number of fused-ring (bicyclic) bond motifs is 1. The van der Waals surface area contributed by atoms with E-state index in [4.69, 9.17) is 4.74 Å². The molecule has 120 valence electrons. The van der Waals surface area contributed by atoms with Gasteiger partial charge in [-0.1, -0.05) is 6.07 Å². The van der Waals surface area contributed by atoms with Crippen molar-refractivity contribution in [1.29, 1.82) is 0 Å². The van der Waals surface area contributed by atoms with Gasteiger partial charge in [0.2, 0.25) is 0 Å². The molecule has 3 heterocycles. The van der Waals surface area contributed by atoms with E-state index in [1.54, 1.807) is 12.3 Å². The summed E-state index contributed by atoms with van der Waals surface area (Å²) in [5.74, 6) is 0.721. The average molecular weight is 312 g/mol. The van der Waals surface area contributed by atoms with Crippen molar-refractivity contribution in [3.63, 3.8) is 0 Å². The number of hydrogen-bond donors (Lipinski definition) is 0. The maximum atomic E-state index is 12.6. The fourth-order valence-corrected chi connectivity index (χ4v) is 2.86. The second-order valence-electron chi connectivity index (χ2n) is 6.23. The second kappa shape index (κ2) is 6.12. The molecule has 1 aliphatic carbocycles. The molecule has 1 saturated carbocycles. The van der Waals surface area contributed by atoms with Crippen molar-refractivity contribution in [3.05, 3.63) is 47.8 Å². The lowest BCUT2D eigenvalue weighted by Gasteiger charge is -2.28. The van der Waals surface area contributed by atoms with Gasteiger partial charge >= 0.3 is 0 Å². The molecule has 0 bridgehead atoms. The fourth-order valence-electron chi connectivity index (χ4n) is 2.86. The topological polar surface area (TPSA) is 60.2 Å². The van der Waals surface area contributed by atoms with Crippen LogP contribution < -0.4 is 0 Å². The summed E-state index contributed by atoms with van der Waals surface area (Å²) in [5, 5.41) is 0. The van der Waals surface area contributed by atoms with Gasteiger partial charge in [-0.05, 0) is 30.9 Å². The maximum Gasteiger partial charge on any atom is 0.272 e. The summed E-state index contributed by atoms with van der Waals surface area (Å²) in [6, 6.07) is 5.41. The number of aromatic nitrogens is 3. The van der Waals surface area contributed by atoms with Gasteiger partial charge in [0.1, 0.15) is 5.69 Å². The SMILES string of the molecule is O=C(c1ccccn1)N1CCn2cnc(COCC3CC3)c2C1. The van der Waals surface area contributed by atoms with E-state index in [2.05, 4.69) is 14.5 Å². The van der Waals surface area contributed by atoms with Gasteiger partial charge in [-0.3, -0.25) is 9.78 Å². The third kappa shape index (κ3) is 3.12. The Balaban J connectivity index is 1.45. The third-order valence-electron chi connectivity index (χ3n) is 4.44. The third-order valence-corrected chi connectivity index (χ3v) is 4.44. The van der Waals surface area contributed by atoms with Gasteiger partial charge in [-0.15, -0.1) is 0 Å². The van der Waals surface area contributed by atoms with E-state index in [0.29, 0.717) is 25.4 Å². The first-order valence-electron chi connectivity index (χ1n) is 8.12. The lowest BCUT2D eigenvalue weighted by molar-refractivity contribution is 0.0698. The fraction of sp³-hybridized carbons (Fsp3) is 0.471. The van der Waals surface area contributed by atoms with Crippen LogP contribution in [0.25, 0.3) is 0 Å². The van der Waals surface area contributed by atoms with Crippen molar-refractivity contribution in [3.8, 4) is 0 Å². The van der Waals surface area contributed by atoms with E-state index in [0.717, 1.165) is 30.5 Å². The highest BCUT2D eigenvalue weighted by Gasteiger charge is 2.26. The van der Waals surface area contributed by atoms with E-state index >= 15 is 0 Å². The van der Waals surface area contributed by atoms with Gasteiger partial charge in [0.25, 0.3) is 5.91 Å². The molecular weight excluding hydrogens is 292 g/mol. The van der Waals surface area contributed by atoms with E-state index in [-0.39, 0.29) is 5.91 Å². The van der Waals surface area contributed by atoms with E-state index in [1.165, 1.54) is 12.8 Å². The molecular formula is C17H20N4O2. The first-order chi connectivity index (χ1) is 11.3. The predicted molar refractivity (Wildman–Crippen MR) is 83.6 cm³/mol. The zero-order valence-corrected chi connectivity index (χ0v) is 13.0. The molecule has 0 radical (unpaired) electrons. The molecule has 0 atom stereocenters. The van der Waals surface area contributed by atoms with Gasteiger partial charge in [-0.2, -0.15) is 0 Å². The van der Waals surface area contributed by atoms with Crippen LogP contribution in [-0.4, -0.2) is 38.5 Å². The summed E-state index contributed by atoms with van der Waals surface area (Å²) >= 11 is 0. The lowest BCUT2D eigenvalue weighted by atomic mass is 10.2. The molecule has 6 heteroatoms. The normalized spacial score (nSPS) is 17.1. The standard InChI is InChI=1S/C17H20N4O2/c22-17(14-3-1-2-6-18-14)20-7-8-21-12-19-15(16(21)9-20)11-23-10-13-4-5-13/h1-3,6,12-13H,4-5,7-11H2. The highest BCUT2D eigenvalue weighted by Crippen LogP contribution is 2.29. The van der Waals surface area contributed by atoms with Crippen LogP contribution in [0.1, 0.15) is 34.7 Å². The van der Waals surface area contributed by atoms with Crippen molar-refractivity contribution in [2.75, 3.05) is 13.2 Å². The zero-order valence-electron chi connectivity index (χ0n) is 13.0. The average Bonchev–Trinajstić information content (AvgIpc) is 3.34. The summed E-state index contributed by atoms with van der Waals surface area (Å²) in [7, 11) is 0. The number of hydrogen-bond acceptors (Lipinski definition) is 4. The van der Waals surface area contributed by atoms with Crippen LogP contribution in [0.5, 0.6) is 0 Å². The van der Waals surface area contributed by atoms with Crippen LogP contribution in [-0.2, 0) is 24.4 Å². The van der Waals surface area contributed by atoms with Crippen molar-refractivity contribution in [2.24, 2.45) is 5.92 Å². The summed E-state index contributed by atoms with van der Waals surface area (Å²) in [4.78, 5) is 23.0. The molecule has 1 aliphatic heterocycles. The van der Waals surface area contributed by atoms with E-state index < -0.39 is 0 Å². The van der Waals surface area contributed by atoms with Crippen molar-refractivity contribution in [2.45, 2.75) is 32.5 Å². The molecule has 2 aliphatic rings. The van der Waals surface area contributed by atoms with Crippen molar-refractivity contribution >= 4 is 5.91 Å². The van der Waals surface area contributed by atoms with Gasteiger partial charge in [0.05, 0.1) is 30.9 Å². The van der Waals surface area contributed by atoms with Crippen LogP contribution in [0.2, 0.25) is 0 Å². The quantitative estimate of drug-likeness (QED) is 0.845.